The Bertz CT molecular complexity index is 960. The molecule has 3 N–H and O–H groups in total. The van der Waals surface area contributed by atoms with Crippen LogP contribution in [-0.4, -0.2) is 66.1 Å². The van der Waals surface area contributed by atoms with Gasteiger partial charge in [-0.25, -0.2) is 8.42 Å². The molecule has 0 aromatic carbocycles. The van der Waals surface area contributed by atoms with Crippen molar-refractivity contribution in [2.24, 2.45) is 17.8 Å². The Morgan fingerprint density at radius 1 is 1.15 bits per heavy atom. The molecule has 3 aliphatic carbocycles. The fraction of sp³-hybridized carbons (Fsp3) is 0.708. The van der Waals surface area contributed by atoms with Crippen molar-refractivity contribution in [2.75, 3.05) is 13.6 Å². The summed E-state index contributed by atoms with van der Waals surface area (Å²) in [5.74, 6) is -3.43. The van der Waals surface area contributed by atoms with E-state index in [1.165, 1.54) is 6.08 Å². The third-order valence-electron chi connectivity index (χ3n) is 7.60. The first-order valence-corrected chi connectivity index (χ1v) is 13.4. The normalized spacial score (nSPS) is 31.3. The first-order valence-electron chi connectivity index (χ1n) is 12.0. The van der Waals surface area contributed by atoms with Gasteiger partial charge in [-0.15, -0.1) is 13.2 Å². The van der Waals surface area contributed by atoms with Gasteiger partial charge in [0.1, 0.15) is 5.54 Å². The van der Waals surface area contributed by atoms with Crippen molar-refractivity contribution in [1.82, 2.24) is 14.9 Å². The molecule has 3 fully saturated rings. The molecule has 0 aromatic heterocycles. The van der Waals surface area contributed by atoms with Gasteiger partial charge in [-0.2, -0.15) is 0 Å². The lowest BCUT2D eigenvalue weighted by molar-refractivity contribution is -0.140. The van der Waals surface area contributed by atoms with Gasteiger partial charge in [0.25, 0.3) is 5.91 Å². The van der Waals surface area contributed by atoms with Crippen LogP contribution in [-0.2, 0) is 24.4 Å². The van der Waals surface area contributed by atoms with Crippen LogP contribution in [0.2, 0.25) is 0 Å². The van der Waals surface area contributed by atoms with Crippen LogP contribution >= 0.6 is 0 Å². The molecule has 5 unspecified atom stereocenters. The maximum atomic E-state index is 13.3. The van der Waals surface area contributed by atoms with Crippen LogP contribution in [0, 0.1) is 17.8 Å². The number of carbonyl (C=O) groups is 3. The van der Waals surface area contributed by atoms with Gasteiger partial charge in [-0.1, -0.05) is 12.2 Å². The Labute approximate surface area is 202 Å². The molecule has 0 aromatic rings. The van der Waals surface area contributed by atoms with E-state index in [4.69, 9.17) is 0 Å². The zero-order valence-corrected chi connectivity index (χ0v) is 20.9. The lowest BCUT2D eigenvalue weighted by Gasteiger charge is -2.26. The molecule has 0 heterocycles. The van der Waals surface area contributed by atoms with Gasteiger partial charge < -0.3 is 15.3 Å². The molecule has 0 radical (unpaired) electrons. The van der Waals surface area contributed by atoms with E-state index in [2.05, 4.69) is 23.2 Å². The van der Waals surface area contributed by atoms with Crippen molar-refractivity contribution in [3.8, 4) is 0 Å². The molecule has 34 heavy (non-hydrogen) atoms. The zero-order chi connectivity index (χ0) is 25.3. The Morgan fingerprint density at radius 2 is 1.79 bits per heavy atom. The van der Waals surface area contributed by atoms with E-state index in [9.17, 15) is 27.9 Å². The van der Waals surface area contributed by atoms with E-state index in [0.717, 1.165) is 19.3 Å². The average molecular weight is 496 g/mol. The molecule has 0 bridgehead atoms. The summed E-state index contributed by atoms with van der Waals surface area (Å²) in [7, 11) is -2.18. The second-order valence-corrected chi connectivity index (χ2v) is 12.5. The molecule has 3 aliphatic rings. The first kappa shape index (κ1) is 26.4. The highest BCUT2D eigenvalue weighted by Gasteiger charge is 2.63. The van der Waals surface area contributed by atoms with Crippen LogP contribution in [0.3, 0.4) is 0 Å². The monoisotopic (exact) mass is 495 g/mol. The summed E-state index contributed by atoms with van der Waals surface area (Å²) in [5.41, 5.74) is -1.41. The highest BCUT2D eigenvalue weighted by molar-refractivity contribution is 7.91. The highest BCUT2D eigenvalue weighted by atomic mass is 32.2. The number of unbranched alkanes of at least 4 members (excludes halogenated alkanes) is 2. The number of sulfonamides is 1. The predicted molar refractivity (Wildman–Crippen MR) is 128 cm³/mol. The Morgan fingerprint density at radius 3 is 2.35 bits per heavy atom. The average Bonchev–Trinajstić information content (AvgIpc) is 3.66. The summed E-state index contributed by atoms with van der Waals surface area (Å²) in [6, 6.07) is 0. The quantitative estimate of drug-likeness (QED) is 0.276. The van der Waals surface area contributed by atoms with Crippen molar-refractivity contribution >= 4 is 27.7 Å². The van der Waals surface area contributed by atoms with E-state index in [-0.39, 0.29) is 25.2 Å². The second kappa shape index (κ2) is 9.81. The topological polar surface area (TPSA) is 133 Å². The summed E-state index contributed by atoms with van der Waals surface area (Å²) in [6.07, 6.45) is 6.59. The van der Waals surface area contributed by atoms with E-state index in [0.29, 0.717) is 19.4 Å². The van der Waals surface area contributed by atoms with E-state index >= 15 is 0 Å². The maximum absolute atomic E-state index is 13.3. The minimum Gasteiger partial charge on any atom is -0.393 e. The van der Waals surface area contributed by atoms with Gasteiger partial charge in [0.15, 0.2) is 0 Å². The van der Waals surface area contributed by atoms with Gasteiger partial charge in [0.2, 0.25) is 21.8 Å². The van der Waals surface area contributed by atoms with Crippen LogP contribution in [0.5, 0.6) is 0 Å². The van der Waals surface area contributed by atoms with Gasteiger partial charge in [-0.3, -0.25) is 19.1 Å². The molecule has 5 atom stereocenters. The summed E-state index contributed by atoms with van der Waals surface area (Å²) < 4.78 is 26.3. The summed E-state index contributed by atoms with van der Waals surface area (Å²) in [4.78, 5) is 40.9. The number of aliphatic hydroxyl groups is 1. The third kappa shape index (κ3) is 5.22. The van der Waals surface area contributed by atoms with E-state index < -0.39 is 56.0 Å². The summed E-state index contributed by atoms with van der Waals surface area (Å²) in [5, 5.41) is 13.0. The molecule has 3 amide bonds. The number of aliphatic hydroxyl groups excluding tert-OH is 1. The molecule has 3 saturated carbocycles. The lowest BCUT2D eigenvalue weighted by Crippen LogP contribution is -2.55. The Balaban J connectivity index is 1.68. The highest BCUT2D eigenvalue weighted by Crippen LogP contribution is 2.47. The predicted octanol–water partition coefficient (Wildman–Crippen LogP) is 1.25. The lowest BCUT2D eigenvalue weighted by atomic mass is 9.93. The Kier molecular flexibility index (Phi) is 7.62. The number of rotatable bonds is 12. The second-order valence-electron chi connectivity index (χ2n) is 10.3. The molecular formula is C24H37N3O6S. The van der Waals surface area contributed by atoms with Gasteiger partial charge in [0, 0.05) is 19.5 Å². The van der Waals surface area contributed by atoms with Crippen LogP contribution < -0.4 is 10.0 Å². The van der Waals surface area contributed by atoms with E-state index in [1.54, 1.807) is 18.9 Å². The molecular weight excluding hydrogens is 458 g/mol. The minimum absolute atomic E-state index is 0.110. The molecule has 0 spiro atoms. The molecule has 0 saturated heterocycles. The minimum atomic E-state index is -3.86. The number of hydrogen-bond acceptors (Lipinski definition) is 6. The van der Waals surface area contributed by atoms with Crippen molar-refractivity contribution < 1.29 is 27.9 Å². The van der Waals surface area contributed by atoms with Gasteiger partial charge in [-0.05, 0) is 58.3 Å². The van der Waals surface area contributed by atoms with Gasteiger partial charge in [0.05, 0.1) is 22.7 Å². The van der Waals surface area contributed by atoms with Crippen molar-refractivity contribution in [1.29, 1.82) is 0 Å². The van der Waals surface area contributed by atoms with Crippen molar-refractivity contribution in [3.63, 3.8) is 0 Å². The summed E-state index contributed by atoms with van der Waals surface area (Å²) >= 11 is 0. The largest absolute Gasteiger partial charge is 0.393 e. The number of nitrogens with one attached hydrogen (secondary N) is 2. The Hall–Kier alpha value is -2.20. The standard InChI is InChI=1S/C24H37N3O6S/c1-5-7-8-9-12-27(4)21(30)19-14-17(28)13-18(19)20(29)25-24(15-16(24)6-2)22(31)26-34(32,33)23(3)10-11-23/h5-6,16-19,28H,1-2,7-15H2,3-4H3,(H,25,29)(H,26,31). The van der Waals surface area contributed by atoms with Crippen LogP contribution in [0.1, 0.15) is 58.3 Å². The fourth-order valence-corrected chi connectivity index (χ4v) is 6.04. The third-order valence-corrected chi connectivity index (χ3v) is 9.76. The molecule has 3 rings (SSSR count). The molecule has 0 aliphatic heterocycles. The fourth-order valence-electron chi connectivity index (χ4n) is 4.73. The molecule has 190 valence electrons. The van der Waals surface area contributed by atoms with Crippen LogP contribution in [0.25, 0.3) is 0 Å². The maximum Gasteiger partial charge on any atom is 0.259 e. The smallest absolute Gasteiger partial charge is 0.259 e. The molecule has 10 heteroatoms. The summed E-state index contributed by atoms with van der Waals surface area (Å²) in [6.45, 7) is 9.50. The first-order chi connectivity index (χ1) is 15.9. The number of nitrogens with zero attached hydrogens (tertiary/aromatic N) is 1. The van der Waals surface area contributed by atoms with E-state index in [1.807, 2.05) is 6.08 Å². The van der Waals surface area contributed by atoms with Crippen LogP contribution in [0.15, 0.2) is 25.3 Å². The van der Waals surface area contributed by atoms with Crippen molar-refractivity contribution in [2.45, 2.75) is 74.7 Å². The number of hydrogen-bond donors (Lipinski definition) is 3. The molecule has 9 nitrogen and oxygen atoms in total. The number of allylic oxidation sites excluding steroid dienone is 1. The van der Waals surface area contributed by atoms with Crippen molar-refractivity contribution in [3.05, 3.63) is 25.3 Å². The SMILES string of the molecule is C=CCCCCN(C)C(=O)C1CC(O)CC1C(=O)NC1(C(=O)NS(=O)(=O)C2(C)CC2)CC1C=C. The zero-order valence-electron chi connectivity index (χ0n) is 20.1. The number of carbonyl (C=O) groups excluding carboxylic acids is 3. The van der Waals surface area contributed by atoms with Gasteiger partial charge >= 0.3 is 0 Å². The number of amides is 3. The van der Waals surface area contributed by atoms with Crippen LogP contribution in [0.4, 0.5) is 0 Å².